The van der Waals surface area contributed by atoms with Crippen LogP contribution in [0.1, 0.15) is 32.4 Å². The lowest BCUT2D eigenvalue weighted by molar-refractivity contribution is 0.361. The molecule has 0 bridgehead atoms. The van der Waals surface area contributed by atoms with Crippen LogP contribution in [-0.4, -0.2) is 17.6 Å². The van der Waals surface area contributed by atoms with Gasteiger partial charge in [0.1, 0.15) is 0 Å². The van der Waals surface area contributed by atoms with E-state index in [0.29, 0.717) is 11.8 Å². The molecule has 94 valence electrons. The van der Waals surface area contributed by atoms with Gasteiger partial charge in [-0.1, -0.05) is 13.8 Å². The summed E-state index contributed by atoms with van der Waals surface area (Å²) in [7, 11) is 0. The standard InChI is InChI=1S/C14H21BrN2/c1-10(11(2)8-16-13-5-6-13)7-14-4-3-12(15)9-17-14/h3-4,9-11,13,16H,5-8H2,1-2H3. The highest BCUT2D eigenvalue weighted by molar-refractivity contribution is 9.10. The third-order valence-corrected chi connectivity index (χ3v) is 4.07. The Morgan fingerprint density at radius 1 is 1.35 bits per heavy atom. The van der Waals surface area contributed by atoms with Gasteiger partial charge in [-0.15, -0.1) is 0 Å². The Hall–Kier alpha value is -0.410. The van der Waals surface area contributed by atoms with Gasteiger partial charge >= 0.3 is 0 Å². The van der Waals surface area contributed by atoms with Gasteiger partial charge in [0.15, 0.2) is 0 Å². The fourth-order valence-corrected chi connectivity index (χ4v) is 2.13. The van der Waals surface area contributed by atoms with E-state index >= 15 is 0 Å². The Kier molecular flexibility index (Phi) is 4.57. The number of hydrogen-bond acceptors (Lipinski definition) is 2. The lowest BCUT2D eigenvalue weighted by atomic mass is 9.91. The number of pyridine rings is 1. The Morgan fingerprint density at radius 3 is 2.71 bits per heavy atom. The maximum Gasteiger partial charge on any atom is 0.0413 e. The zero-order valence-corrected chi connectivity index (χ0v) is 12.2. The summed E-state index contributed by atoms with van der Waals surface area (Å²) in [4.78, 5) is 4.44. The zero-order valence-electron chi connectivity index (χ0n) is 10.6. The summed E-state index contributed by atoms with van der Waals surface area (Å²) in [5, 5.41) is 3.60. The van der Waals surface area contributed by atoms with Crippen molar-refractivity contribution in [3.8, 4) is 0 Å². The molecule has 0 amide bonds. The average Bonchev–Trinajstić information content (AvgIpc) is 3.13. The second-order valence-electron chi connectivity index (χ2n) is 5.31. The summed E-state index contributed by atoms with van der Waals surface area (Å²) in [6, 6.07) is 5.00. The van der Waals surface area contributed by atoms with Crippen molar-refractivity contribution in [2.45, 2.75) is 39.2 Å². The smallest absolute Gasteiger partial charge is 0.0413 e. The Labute approximate surface area is 112 Å². The maximum atomic E-state index is 4.44. The topological polar surface area (TPSA) is 24.9 Å². The molecular weight excluding hydrogens is 276 g/mol. The van der Waals surface area contributed by atoms with Gasteiger partial charge in [0.05, 0.1) is 0 Å². The SMILES string of the molecule is CC(CNC1CC1)C(C)Cc1ccc(Br)cn1. The molecule has 1 aliphatic carbocycles. The molecular formula is C14H21BrN2. The van der Waals surface area contributed by atoms with Crippen LogP contribution in [0.25, 0.3) is 0 Å². The number of aromatic nitrogens is 1. The summed E-state index contributed by atoms with van der Waals surface area (Å²) in [5.74, 6) is 1.39. The van der Waals surface area contributed by atoms with Crippen LogP contribution < -0.4 is 5.32 Å². The molecule has 2 rings (SSSR count). The Bertz CT molecular complexity index is 346. The van der Waals surface area contributed by atoms with Gasteiger partial charge in [-0.2, -0.15) is 0 Å². The minimum Gasteiger partial charge on any atom is -0.314 e. The fourth-order valence-electron chi connectivity index (χ4n) is 1.90. The predicted octanol–water partition coefficient (Wildman–Crippen LogP) is 3.41. The van der Waals surface area contributed by atoms with E-state index in [-0.39, 0.29) is 0 Å². The van der Waals surface area contributed by atoms with Crippen molar-refractivity contribution >= 4 is 15.9 Å². The third-order valence-electron chi connectivity index (χ3n) is 3.60. The highest BCUT2D eigenvalue weighted by Gasteiger charge is 2.22. The summed E-state index contributed by atoms with van der Waals surface area (Å²) in [5.41, 5.74) is 1.19. The van der Waals surface area contributed by atoms with Crippen LogP contribution in [-0.2, 0) is 6.42 Å². The molecule has 0 aliphatic heterocycles. The van der Waals surface area contributed by atoms with Crippen molar-refractivity contribution in [2.75, 3.05) is 6.54 Å². The van der Waals surface area contributed by atoms with Crippen LogP contribution in [0.3, 0.4) is 0 Å². The molecule has 1 aromatic rings. The first-order chi connectivity index (χ1) is 8.15. The minimum atomic E-state index is 0.676. The van der Waals surface area contributed by atoms with Gasteiger partial charge in [0.25, 0.3) is 0 Å². The summed E-state index contributed by atoms with van der Waals surface area (Å²) >= 11 is 3.42. The van der Waals surface area contributed by atoms with E-state index in [2.05, 4.69) is 52.2 Å². The summed E-state index contributed by atoms with van der Waals surface area (Å²) < 4.78 is 1.05. The molecule has 1 aromatic heterocycles. The number of hydrogen-bond donors (Lipinski definition) is 1. The molecule has 0 saturated heterocycles. The van der Waals surface area contributed by atoms with Crippen molar-refractivity contribution in [3.63, 3.8) is 0 Å². The number of rotatable bonds is 6. The van der Waals surface area contributed by atoms with Crippen LogP contribution >= 0.6 is 15.9 Å². The molecule has 1 aliphatic rings. The highest BCUT2D eigenvalue weighted by atomic mass is 79.9. The van der Waals surface area contributed by atoms with Gasteiger partial charge in [0, 0.05) is 22.4 Å². The molecule has 0 aromatic carbocycles. The average molecular weight is 297 g/mol. The lowest BCUT2D eigenvalue weighted by Gasteiger charge is -2.20. The largest absolute Gasteiger partial charge is 0.314 e. The lowest BCUT2D eigenvalue weighted by Crippen LogP contribution is -2.27. The molecule has 1 heterocycles. The third kappa shape index (κ3) is 4.40. The summed E-state index contributed by atoms with van der Waals surface area (Å²) in [6.45, 7) is 5.80. The monoisotopic (exact) mass is 296 g/mol. The number of nitrogens with zero attached hydrogens (tertiary/aromatic N) is 1. The van der Waals surface area contributed by atoms with Gasteiger partial charge < -0.3 is 5.32 Å². The first-order valence-electron chi connectivity index (χ1n) is 6.49. The van der Waals surface area contributed by atoms with Crippen LogP contribution in [0.15, 0.2) is 22.8 Å². The van der Waals surface area contributed by atoms with Crippen LogP contribution in [0, 0.1) is 11.8 Å². The Balaban J connectivity index is 1.78. The molecule has 1 N–H and O–H groups in total. The van der Waals surface area contributed by atoms with E-state index in [1.165, 1.54) is 18.5 Å². The zero-order chi connectivity index (χ0) is 12.3. The molecule has 2 atom stereocenters. The van der Waals surface area contributed by atoms with Gasteiger partial charge in [-0.3, -0.25) is 4.98 Å². The van der Waals surface area contributed by atoms with Gasteiger partial charge in [-0.05, 0) is 65.7 Å². The first-order valence-corrected chi connectivity index (χ1v) is 7.28. The molecule has 2 nitrogen and oxygen atoms in total. The molecule has 0 radical (unpaired) electrons. The Morgan fingerprint density at radius 2 is 2.12 bits per heavy atom. The van der Waals surface area contributed by atoms with Gasteiger partial charge in [0.2, 0.25) is 0 Å². The molecule has 2 unspecified atom stereocenters. The molecule has 0 spiro atoms. The van der Waals surface area contributed by atoms with Crippen LogP contribution in [0.5, 0.6) is 0 Å². The van der Waals surface area contributed by atoms with Crippen molar-refractivity contribution < 1.29 is 0 Å². The molecule has 3 heteroatoms. The maximum absolute atomic E-state index is 4.44. The second kappa shape index (κ2) is 5.96. The molecule has 1 saturated carbocycles. The highest BCUT2D eigenvalue weighted by Crippen LogP contribution is 2.21. The number of halogens is 1. The van der Waals surface area contributed by atoms with Crippen LogP contribution in [0.2, 0.25) is 0 Å². The van der Waals surface area contributed by atoms with E-state index in [0.717, 1.165) is 23.5 Å². The van der Waals surface area contributed by atoms with E-state index in [4.69, 9.17) is 0 Å². The quantitative estimate of drug-likeness (QED) is 0.870. The molecule has 1 fully saturated rings. The van der Waals surface area contributed by atoms with E-state index in [1.54, 1.807) is 0 Å². The van der Waals surface area contributed by atoms with E-state index < -0.39 is 0 Å². The fraction of sp³-hybridized carbons (Fsp3) is 0.643. The predicted molar refractivity (Wildman–Crippen MR) is 75.0 cm³/mol. The van der Waals surface area contributed by atoms with E-state index in [1.807, 2.05) is 6.20 Å². The summed E-state index contributed by atoms with van der Waals surface area (Å²) in [6.07, 6.45) is 5.70. The van der Waals surface area contributed by atoms with Gasteiger partial charge in [-0.25, -0.2) is 0 Å². The first kappa shape index (κ1) is 13.0. The second-order valence-corrected chi connectivity index (χ2v) is 6.22. The van der Waals surface area contributed by atoms with Crippen molar-refractivity contribution in [1.29, 1.82) is 0 Å². The normalized spacial score (nSPS) is 19.0. The van der Waals surface area contributed by atoms with E-state index in [9.17, 15) is 0 Å². The van der Waals surface area contributed by atoms with Crippen molar-refractivity contribution in [2.24, 2.45) is 11.8 Å². The van der Waals surface area contributed by atoms with Crippen LogP contribution in [0.4, 0.5) is 0 Å². The molecule has 17 heavy (non-hydrogen) atoms. The van der Waals surface area contributed by atoms with Crippen molar-refractivity contribution in [1.82, 2.24) is 10.3 Å². The minimum absolute atomic E-state index is 0.676. The number of nitrogens with one attached hydrogen (secondary N) is 1. The van der Waals surface area contributed by atoms with Crippen molar-refractivity contribution in [3.05, 3.63) is 28.5 Å².